The fourth-order valence-electron chi connectivity index (χ4n) is 1.53. The van der Waals surface area contributed by atoms with Gasteiger partial charge in [-0.25, -0.2) is 0 Å². The standard InChI is InChI=1S/C8H13NO4/c1-3(8(12)13)6-5(4(2)10)7(11)9-6/h3-6,10H,1-2H3,(H,9,11)(H,12,13)/t3?,4-,5-,6-/m1/s1. The molecule has 4 atom stereocenters. The average molecular weight is 187 g/mol. The molecule has 0 radical (unpaired) electrons. The predicted molar refractivity (Wildman–Crippen MR) is 43.9 cm³/mol. The minimum Gasteiger partial charge on any atom is -0.481 e. The molecule has 13 heavy (non-hydrogen) atoms. The Hall–Kier alpha value is -1.10. The molecule has 1 saturated heterocycles. The van der Waals surface area contributed by atoms with Crippen molar-refractivity contribution in [3.05, 3.63) is 0 Å². The van der Waals surface area contributed by atoms with E-state index in [1.54, 1.807) is 0 Å². The van der Waals surface area contributed by atoms with Gasteiger partial charge in [0.2, 0.25) is 5.91 Å². The molecule has 1 fully saturated rings. The Labute approximate surface area is 75.7 Å². The third-order valence-electron chi connectivity index (χ3n) is 2.45. The highest BCUT2D eigenvalue weighted by molar-refractivity contribution is 5.88. The van der Waals surface area contributed by atoms with E-state index in [4.69, 9.17) is 5.11 Å². The zero-order chi connectivity index (χ0) is 10.2. The van der Waals surface area contributed by atoms with Gasteiger partial charge in [0.05, 0.1) is 24.0 Å². The smallest absolute Gasteiger partial charge is 0.308 e. The van der Waals surface area contributed by atoms with Crippen LogP contribution in [-0.2, 0) is 9.59 Å². The largest absolute Gasteiger partial charge is 0.481 e. The number of carbonyl (C=O) groups is 2. The van der Waals surface area contributed by atoms with Gasteiger partial charge in [-0.15, -0.1) is 0 Å². The summed E-state index contributed by atoms with van der Waals surface area (Å²) in [7, 11) is 0. The maximum atomic E-state index is 10.9. The molecule has 1 aliphatic heterocycles. The third-order valence-corrected chi connectivity index (χ3v) is 2.45. The Kier molecular flexibility index (Phi) is 2.56. The van der Waals surface area contributed by atoms with Crippen molar-refractivity contribution in [1.29, 1.82) is 0 Å². The van der Waals surface area contributed by atoms with E-state index in [0.29, 0.717) is 0 Å². The van der Waals surface area contributed by atoms with Gasteiger partial charge in [0, 0.05) is 0 Å². The number of carbonyl (C=O) groups excluding carboxylic acids is 1. The fraction of sp³-hybridized carbons (Fsp3) is 0.750. The van der Waals surface area contributed by atoms with Crippen LogP contribution in [0.15, 0.2) is 0 Å². The molecule has 0 spiro atoms. The predicted octanol–water partition coefficient (Wildman–Crippen LogP) is -0.797. The van der Waals surface area contributed by atoms with E-state index in [1.165, 1.54) is 13.8 Å². The van der Waals surface area contributed by atoms with E-state index in [0.717, 1.165) is 0 Å². The number of hydrogen-bond donors (Lipinski definition) is 3. The fourth-order valence-corrected chi connectivity index (χ4v) is 1.53. The van der Waals surface area contributed by atoms with Crippen molar-refractivity contribution in [1.82, 2.24) is 5.32 Å². The summed E-state index contributed by atoms with van der Waals surface area (Å²) in [6.07, 6.45) is -0.791. The molecule has 0 saturated carbocycles. The molecule has 1 heterocycles. The van der Waals surface area contributed by atoms with Gasteiger partial charge < -0.3 is 15.5 Å². The number of aliphatic hydroxyl groups is 1. The van der Waals surface area contributed by atoms with Crippen molar-refractivity contribution < 1.29 is 19.8 Å². The molecular weight excluding hydrogens is 174 g/mol. The molecule has 0 aromatic heterocycles. The van der Waals surface area contributed by atoms with E-state index in [-0.39, 0.29) is 5.91 Å². The molecule has 3 N–H and O–H groups in total. The van der Waals surface area contributed by atoms with Gasteiger partial charge in [-0.1, -0.05) is 0 Å². The number of aliphatic carboxylic acids is 1. The number of aliphatic hydroxyl groups excluding tert-OH is 1. The van der Waals surface area contributed by atoms with Crippen LogP contribution in [0.25, 0.3) is 0 Å². The second kappa shape index (κ2) is 3.33. The highest BCUT2D eigenvalue weighted by Crippen LogP contribution is 2.25. The molecule has 1 amide bonds. The molecule has 0 aromatic rings. The lowest BCUT2D eigenvalue weighted by molar-refractivity contribution is -0.151. The summed E-state index contributed by atoms with van der Waals surface area (Å²) >= 11 is 0. The van der Waals surface area contributed by atoms with Crippen LogP contribution >= 0.6 is 0 Å². The lowest BCUT2D eigenvalue weighted by Crippen LogP contribution is -2.65. The summed E-state index contributed by atoms with van der Waals surface area (Å²) in [6, 6.07) is -0.440. The van der Waals surface area contributed by atoms with Crippen LogP contribution in [0.3, 0.4) is 0 Å². The molecule has 1 rings (SSSR count). The lowest BCUT2D eigenvalue weighted by Gasteiger charge is -2.40. The summed E-state index contributed by atoms with van der Waals surface area (Å²) in [5.41, 5.74) is 0. The maximum Gasteiger partial charge on any atom is 0.308 e. The van der Waals surface area contributed by atoms with Crippen LogP contribution in [0.5, 0.6) is 0 Å². The first-order valence-corrected chi connectivity index (χ1v) is 4.16. The average Bonchev–Trinajstić information content (AvgIpc) is 1.97. The van der Waals surface area contributed by atoms with Gasteiger partial charge in [0.25, 0.3) is 0 Å². The van der Waals surface area contributed by atoms with Gasteiger partial charge in [-0.3, -0.25) is 9.59 Å². The Bertz CT molecular complexity index is 238. The lowest BCUT2D eigenvalue weighted by atomic mass is 9.79. The Morgan fingerprint density at radius 2 is 2.08 bits per heavy atom. The number of β-lactam (4-membered cyclic amide) rings is 1. The van der Waals surface area contributed by atoms with E-state index in [2.05, 4.69) is 5.32 Å². The van der Waals surface area contributed by atoms with Gasteiger partial charge in [0.15, 0.2) is 0 Å². The highest BCUT2D eigenvalue weighted by atomic mass is 16.4. The molecule has 5 nitrogen and oxygen atoms in total. The van der Waals surface area contributed by atoms with E-state index in [9.17, 15) is 14.7 Å². The van der Waals surface area contributed by atoms with Crippen molar-refractivity contribution in [2.45, 2.75) is 26.0 Å². The number of carboxylic acids is 1. The van der Waals surface area contributed by atoms with E-state index < -0.39 is 30.0 Å². The van der Waals surface area contributed by atoms with Crippen LogP contribution < -0.4 is 5.32 Å². The molecule has 0 aliphatic carbocycles. The maximum absolute atomic E-state index is 10.9. The number of carboxylic acid groups (broad SMARTS) is 1. The number of rotatable bonds is 3. The van der Waals surface area contributed by atoms with Gasteiger partial charge in [0.1, 0.15) is 0 Å². The third kappa shape index (κ3) is 1.65. The van der Waals surface area contributed by atoms with Crippen LogP contribution in [0.1, 0.15) is 13.8 Å². The molecular formula is C8H13NO4. The van der Waals surface area contributed by atoms with Crippen LogP contribution in [-0.4, -0.2) is 34.2 Å². The Morgan fingerprint density at radius 3 is 2.38 bits per heavy atom. The molecule has 5 heteroatoms. The van der Waals surface area contributed by atoms with Crippen LogP contribution in [0, 0.1) is 11.8 Å². The minimum absolute atomic E-state index is 0.270. The molecule has 1 aliphatic rings. The normalized spacial score (nSPS) is 31.5. The Morgan fingerprint density at radius 1 is 1.54 bits per heavy atom. The number of nitrogens with one attached hydrogen (secondary N) is 1. The topological polar surface area (TPSA) is 86.6 Å². The second-order valence-electron chi connectivity index (χ2n) is 3.43. The summed E-state index contributed by atoms with van der Waals surface area (Å²) < 4.78 is 0. The second-order valence-corrected chi connectivity index (χ2v) is 3.43. The summed E-state index contributed by atoms with van der Waals surface area (Å²) in [5, 5.41) is 20.3. The van der Waals surface area contributed by atoms with E-state index >= 15 is 0 Å². The van der Waals surface area contributed by atoms with Gasteiger partial charge in [-0.05, 0) is 13.8 Å². The van der Waals surface area contributed by atoms with Crippen molar-refractivity contribution in [2.75, 3.05) is 0 Å². The molecule has 0 bridgehead atoms. The minimum atomic E-state index is -0.962. The van der Waals surface area contributed by atoms with Gasteiger partial charge >= 0.3 is 5.97 Å². The monoisotopic (exact) mass is 187 g/mol. The highest BCUT2D eigenvalue weighted by Gasteiger charge is 2.47. The summed E-state index contributed by atoms with van der Waals surface area (Å²) in [6.45, 7) is 3.01. The number of amides is 1. The van der Waals surface area contributed by atoms with Crippen molar-refractivity contribution in [3.8, 4) is 0 Å². The van der Waals surface area contributed by atoms with Gasteiger partial charge in [-0.2, -0.15) is 0 Å². The SMILES string of the molecule is CC(C(=O)O)[C@H]1NC(=O)[C@@H]1[C@@H](C)O. The first-order chi connectivity index (χ1) is 5.95. The number of hydrogen-bond acceptors (Lipinski definition) is 3. The van der Waals surface area contributed by atoms with Crippen molar-refractivity contribution in [2.24, 2.45) is 11.8 Å². The first-order valence-electron chi connectivity index (χ1n) is 4.16. The zero-order valence-electron chi connectivity index (χ0n) is 7.52. The van der Waals surface area contributed by atoms with Crippen LogP contribution in [0.2, 0.25) is 0 Å². The molecule has 0 aromatic carbocycles. The summed E-state index contributed by atoms with van der Waals surface area (Å²) in [4.78, 5) is 21.5. The molecule has 74 valence electrons. The Balaban J connectivity index is 2.64. The van der Waals surface area contributed by atoms with Crippen molar-refractivity contribution >= 4 is 11.9 Å². The quantitative estimate of drug-likeness (QED) is 0.505. The summed E-state index contributed by atoms with van der Waals surface area (Å²) in [5.74, 6) is -2.47. The molecule has 1 unspecified atom stereocenters. The zero-order valence-corrected chi connectivity index (χ0v) is 7.52. The van der Waals surface area contributed by atoms with Crippen LogP contribution in [0.4, 0.5) is 0 Å². The van der Waals surface area contributed by atoms with Crippen molar-refractivity contribution in [3.63, 3.8) is 0 Å². The first kappa shape index (κ1) is 9.98. The van der Waals surface area contributed by atoms with E-state index in [1.807, 2.05) is 0 Å².